The van der Waals surface area contributed by atoms with E-state index in [4.69, 9.17) is 13.9 Å². The second-order valence-corrected chi connectivity index (χ2v) is 7.14. The fourth-order valence-electron chi connectivity index (χ4n) is 2.62. The molecule has 0 fully saturated rings. The topological polar surface area (TPSA) is 94.8 Å². The van der Waals surface area contributed by atoms with Gasteiger partial charge in [-0.2, -0.15) is 0 Å². The SMILES string of the molecule is Cc1cc(=O)oc2cc(OCC(=O)OCC(=O)N[C@@H](C)c3cccs3)ccc12. The van der Waals surface area contributed by atoms with Crippen molar-refractivity contribution in [2.24, 2.45) is 0 Å². The van der Waals surface area contributed by atoms with Gasteiger partial charge < -0.3 is 19.2 Å². The van der Waals surface area contributed by atoms with Crippen molar-refractivity contribution in [1.29, 1.82) is 0 Å². The average molecular weight is 401 g/mol. The van der Waals surface area contributed by atoms with Crippen LogP contribution >= 0.6 is 11.3 Å². The highest BCUT2D eigenvalue weighted by molar-refractivity contribution is 7.10. The van der Waals surface area contributed by atoms with Crippen LogP contribution in [0.4, 0.5) is 0 Å². The molecule has 1 amide bonds. The van der Waals surface area contributed by atoms with Crippen molar-refractivity contribution >= 4 is 34.2 Å². The first-order valence-corrected chi connectivity index (χ1v) is 9.46. The minimum atomic E-state index is -0.676. The Morgan fingerprint density at radius 2 is 2.04 bits per heavy atom. The van der Waals surface area contributed by atoms with Crippen LogP contribution in [0.25, 0.3) is 11.0 Å². The highest BCUT2D eigenvalue weighted by Gasteiger charge is 2.13. The van der Waals surface area contributed by atoms with E-state index in [2.05, 4.69) is 5.32 Å². The number of amides is 1. The van der Waals surface area contributed by atoms with Gasteiger partial charge in [-0.1, -0.05) is 6.07 Å². The summed E-state index contributed by atoms with van der Waals surface area (Å²) in [4.78, 5) is 36.2. The molecule has 0 saturated carbocycles. The molecule has 28 heavy (non-hydrogen) atoms. The van der Waals surface area contributed by atoms with Crippen LogP contribution in [-0.2, 0) is 14.3 Å². The summed E-state index contributed by atoms with van der Waals surface area (Å²) >= 11 is 1.54. The van der Waals surface area contributed by atoms with Gasteiger partial charge in [0.25, 0.3) is 5.91 Å². The summed E-state index contributed by atoms with van der Waals surface area (Å²) in [5.41, 5.74) is 0.710. The van der Waals surface area contributed by atoms with Gasteiger partial charge in [-0.15, -0.1) is 11.3 Å². The number of carbonyl (C=O) groups is 2. The molecule has 0 saturated heterocycles. The standard InChI is InChI=1S/C20H19NO6S/c1-12-8-19(23)27-16-9-14(5-6-15(12)16)25-11-20(24)26-10-18(22)21-13(2)17-4-3-7-28-17/h3-9,13H,10-11H2,1-2H3,(H,21,22)/t13-/m0/s1. The van der Waals surface area contributed by atoms with Crippen LogP contribution in [0.15, 0.2) is 51.0 Å². The molecule has 146 valence electrons. The lowest BCUT2D eigenvalue weighted by Gasteiger charge is -2.12. The van der Waals surface area contributed by atoms with E-state index in [1.54, 1.807) is 12.1 Å². The lowest BCUT2D eigenvalue weighted by Crippen LogP contribution is -2.31. The van der Waals surface area contributed by atoms with Gasteiger partial charge in [0.05, 0.1) is 6.04 Å². The maximum absolute atomic E-state index is 11.9. The second-order valence-electron chi connectivity index (χ2n) is 6.16. The van der Waals surface area contributed by atoms with Gasteiger partial charge in [0.1, 0.15) is 11.3 Å². The highest BCUT2D eigenvalue weighted by atomic mass is 32.1. The average Bonchev–Trinajstić information content (AvgIpc) is 3.19. The number of nitrogens with one attached hydrogen (secondary N) is 1. The Balaban J connectivity index is 1.48. The molecule has 8 heteroatoms. The van der Waals surface area contributed by atoms with Crippen LogP contribution in [0.3, 0.4) is 0 Å². The van der Waals surface area contributed by atoms with Gasteiger partial charge in [-0.05, 0) is 43.0 Å². The van der Waals surface area contributed by atoms with Crippen molar-refractivity contribution in [2.75, 3.05) is 13.2 Å². The van der Waals surface area contributed by atoms with Crippen molar-refractivity contribution in [2.45, 2.75) is 19.9 Å². The summed E-state index contributed by atoms with van der Waals surface area (Å²) in [7, 11) is 0. The van der Waals surface area contributed by atoms with Gasteiger partial charge in [-0.25, -0.2) is 9.59 Å². The number of carbonyl (C=O) groups excluding carboxylic acids is 2. The molecule has 2 heterocycles. The molecule has 0 spiro atoms. The lowest BCUT2D eigenvalue weighted by molar-refractivity contribution is -0.150. The van der Waals surface area contributed by atoms with Crippen LogP contribution in [-0.4, -0.2) is 25.1 Å². The third-order valence-corrected chi connectivity index (χ3v) is 5.05. The Labute approximate surface area is 164 Å². The molecule has 3 aromatic rings. The number of fused-ring (bicyclic) bond motifs is 1. The van der Waals surface area contributed by atoms with Crippen LogP contribution in [0.2, 0.25) is 0 Å². The van der Waals surface area contributed by atoms with Gasteiger partial charge in [0, 0.05) is 22.4 Å². The Bertz CT molecular complexity index is 1040. The molecule has 0 unspecified atom stereocenters. The zero-order valence-corrected chi connectivity index (χ0v) is 16.2. The summed E-state index contributed by atoms with van der Waals surface area (Å²) in [6.45, 7) is 2.91. The molecule has 0 radical (unpaired) electrons. The van der Waals surface area contributed by atoms with Crippen LogP contribution in [0, 0.1) is 6.92 Å². The summed E-state index contributed by atoms with van der Waals surface area (Å²) < 4.78 is 15.4. The first-order valence-electron chi connectivity index (χ1n) is 8.58. The second kappa shape index (κ2) is 8.71. The van der Waals surface area contributed by atoms with E-state index < -0.39 is 17.5 Å². The van der Waals surface area contributed by atoms with E-state index in [0.29, 0.717) is 11.3 Å². The van der Waals surface area contributed by atoms with E-state index in [1.807, 2.05) is 31.4 Å². The molecule has 7 nitrogen and oxygen atoms in total. The molecule has 1 aromatic carbocycles. The Morgan fingerprint density at radius 1 is 1.21 bits per heavy atom. The van der Waals surface area contributed by atoms with E-state index in [1.165, 1.54) is 23.5 Å². The van der Waals surface area contributed by atoms with Gasteiger partial charge >= 0.3 is 11.6 Å². The highest BCUT2D eigenvalue weighted by Crippen LogP contribution is 2.22. The van der Waals surface area contributed by atoms with E-state index in [0.717, 1.165) is 15.8 Å². The normalized spacial score (nSPS) is 11.8. The first-order chi connectivity index (χ1) is 13.4. The molecule has 0 bridgehead atoms. The minimum absolute atomic E-state index is 0.154. The number of hydrogen-bond donors (Lipinski definition) is 1. The van der Waals surface area contributed by atoms with Gasteiger partial charge in [0.15, 0.2) is 13.2 Å². The molecule has 1 atom stereocenters. The number of aryl methyl sites for hydroxylation is 1. The molecule has 0 aliphatic carbocycles. The van der Waals surface area contributed by atoms with Crippen molar-refractivity contribution in [3.05, 3.63) is 62.6 Å². The molecule has 0 aliphatic heterocycles. The number of hydrogen-bond acceptors (Lipinski definition) is 7. The summed E-state index contributed by atoms with van der Waals surface area (Å²) in [6, 6.07) is 10.0. The maximum Gasteiger partial charge on any atom is 0.344 e. The van der Waals surface area contributed by atoms with Crippen molar-refractivity contribution in [3.63, 3.8) is 0 Å². The fraction of sp³-hybridized carbons (Fsp3) is 0.250. The quantitative estimate of drug-likeness (QED) is 0.483. The summed E-state index contributed by atoms with van der Waals surface area (Å²) in [5, 5.41) is 5.46. The molecule has 3 rings (SSSR count). The Hall–Kier alpha value is -3.13. The zero-order valence-electron chi connectivity index (χ0n) is 15.4. The number of esters is 1. The number of ether oxygens (including phenoxy) is 2. The largest absolute Gasteiger partial charge is 0.482 e. The number of benzene rings is 1. The Morgan fingerprint density at radius 3 is 2.79 bits per heavy atom. The van der Waals surface area contributed by atoms with E-state index >= 15 is 0 Å². The van der Waals surface area contributed by atoms with E-state index in [-0.39, 0.29) is 19.3 Å². The minimum Gasteiger partial charge on any atom is -0.482 e. The lowest BCUT2D eigenvalue weighted by atomic mass is 10.1. The van der Waals surface area contributed by atoms with E-state index in [9.17, 15) is 14.4 Å². The zero-order chi connectivity index (χ0) is 20.1. The Kier molecular flexibility index (Phi) is 6.10. The van der Waals surface area contributed by atoms with Gasteiger partial charge in [0.2, 0.25) is 0 Å². The first kappa shape index (κ1) is 19.6. The van der Waals surface area contributed by atoms with Gasteiger partial charge in [-0.3, -0.25) is 4.79 Å². The van der Waals surface area contributed by atoms with Crippen molar-refractivity contribution in [3.8, 4) is 5.75 Å². The third-order valence-electron chi connectivity index (χ3n) is 3.99. The smallest absolute Gasteiger partial charge is 0.344 e. The maximum atomic E-state index is 11.9. The predicted octanol–water partition coefficient (Wildman–Crippen LogP) is 2.96. The molecular weight excluding hydrogens is 382 g/mol. The van der Waals surface area contributed by atoms with Crippen molar-refractivity contribution in [1.82, 2.24) is 5.32 Å². The molecule has 0 aliphatic rings. The summed E-state index contributed by atoms with van der Waals surface area (Å²) in [6.07, 6.45) is 0. The number of thiophene rings is 1. The van der Waals surface area contributed by atoms with Crippen LogP contribution in [0.5, 0.6) is 5.75 Å². The third kappa shape index (κ3) is 4.98. The van der Waals surface area contributed by atoms with Crippen LogP contribution < -0.4 is 15.7 Å². The number of rotatable bonds is 7. The summed E-state index contributed by atoms with van der Waals surface area (Å²) in [5.74, 6) is -0.712. The monoisotopic (exact) mass is 401 g/mol. The molecular formula is C20H19NO6S. The predicted molar refractivity (Wildman–Crippen MR) is 105 cm³/mol. The molecule has 1 N–H and O–H groups in total. The van der Waals surface area contributed by atoms with Crippen molar-refractivity contribution < 1.29 is 23.5 Å². The fourth-order valence-corrected chi connectivity index (χ4v) is 3.35. The molecule has 2 aromatic heterocycles. The van der Waals surface area contributed by atoms with Crippen LogP contribution in [0.1, 0.15) is 23.4 Å².